The van der Waals surface area contributed by atoms with Gasteiger partial charge in [-0.3, -0.25) is 4.90 Å². The first-order valence-corrected chi connectivity index (χ1v) is 9.20. The molecule has 0 amide bonds. The molecule has 9 heteroatoms. The van der Waals surface area contributed by atoms with Gasteiger partial charge in [-0.1, -0.05) is 5.16 Å². The van der Waals surface area contributed by atoms with E-state index in [2.05, 4.69) is 5.16 Å². The zero-order valence-electron chi connectivity index (χ0n) is 13.7. The zero-order chi connectivity index (χ0) is 17.3. The maximum atomic E-state index is 12.7. The Kier molecular flexibility index (Phi) is 4.77. The number of sulfonamides is 1. The van der Waals surface area contributed by atoms with Crippen LogP contribution in [0, 0.1) is 13.8 Å². The fourth-order valence-corrected chi connectivity index (χ4v) is 4.65. The molecule has 1 aliphatic heterocycles. The lowest BCUT2D eigenvalue weighted by Crippen LogP contribution is -2.49. The van der Waals surface area contributed by atoms with Crippen molar-refractivity contribution in [1.29, 1.82) is 0 Å². The summed E-state index contributed by atoms with van der Waals surface area (Å²) in [5.74, 6) is 0.823. The van der Waals surface area contributed by atoms with Crippen LogP contribution in [0.3, 0.4) is 0 Å². The van der Waals surface area contributed by atoms with Crippen LogP contribution in [-0.2, 0) is 10.0 Å². The molecule has 0 radical (unpaired) electrons. The van der Waals surface area contributed by atoms with Crippen molar-refractivity contribution >= 4 is 10.0 Å². The summed E-state index contributed by atoms with van der Waals surface area (Å²) in [5, 5.41) is 13.8. The number of aliphatic hydroxyl groups excluding tert-OH is 1. The van der Waals surface area contributed by atoms with Crippen LogP contribution in [0.25, 0.3) is 0 Å². The van der Waals surface area contributed by atoms with E-state index in [4.69, 9.17) is 8.94 Å². The number of nitrogens with zero attached hydrogens (tertiary/aromatic N) is 3. The van der Waals surface area contributed by atoms with Crippen LogP contribution in [0.5, 0.6) is 0 Å². The average molecular weight is 355 g/mol. The van der Waals surface area contributed by atoms with Crippen molar-refractivity contribution in [3.8, 4) is 0 Å². The number of rotatable bonds is 5. The van der Waals surface area contributed by atoms with Crippen LogP contribution in [0.4, 0.5) is 0 Å². The number of aliphatic hydroxyl groups is 1. The van der Waals surface area contributed by atoms with Gasteiger partial charge in [-0.05, 0) is 26.0 Å². The molecule has 24 heavy (non-hydrogen) atoms. The maximum absolute atomic E-state index is 12.7. The van der Waals surface area contributed by atoms with Crippen molar-refractivity contribution in [3.05, 3.63) is 35.6 Å². The number of hydrogen-bond donors (Lipinski definition) is 1. The van der Waals surface area contributed by atoms with Crippen molar-refractivity contribution in [3.63, 3.8) is 0 Å². The first kappa shape index (κ1) is 17.2. The Labute approximate surface area is 140 Å². The van der Waals surface area contributed by atoms with Gasteiger partial charge in [-0.25, -0.2) is 8.42 Å². The van der Waals surface area contributed by atoms with Crippen molar-refractivity contribution in [1.82, 2.24) is 14.4 Å². The molecule has 1 aliphatic rings. The molecule has 0 saturated carbocycles. The standard InChI is InChI=1S/C15H21N3O5S/c1-11-15(12(2)23-16-11)24(20,21)18-7-5-17(6-8-18)10-13(19)14-4-3-9-22-14/h3-4,9,13,19H,5-8,10H2,1-2H3/t13-/m0/s1. The molecule has 1 fully saturated rings. The van der Waals surface area contributed by atoms with Crippen LogP contribution in [0.15, 0.2) is 32.2 Å². The second-order valence-corrected chi connectivity index (χ2v) is 7.76. The van der Waals surface area contributed by atoms with E-state index >= 15 is 0 Å². The van der Waals surface area contributed by atoms with Crippen molar-refractivity contribution < 1.29 is 22.5 Å². The third-order valence-corrected chi connectivity index (χ3v) is 6.34. The SMILES string of the molecule is Cc1noc(C)c1S(=O)(=O)N1CCN(C[C@H](O)c2ccco2)CC1. The van der Waals surface area contributed by atoms with Crippen LogP contribution < -0.4 is 0 Å². The molecule has 8 nitrogen and oxygen atoms in total. The van der Waals surface area contributed by atoms with Crippen LogP contribution in [-0.4, -0.2) is 60.6 Å². The largest absolute Gasteiger partial charge is 0.467 e. The highest BCUT2D eigenvalue weighted by molar-refractivity contribution is 7.89. The van der Waals surface area contributed by atoms with Crippen molar-refractivity contribution in [2.75, 3.05) is 32.7 Å². The lowest BCUT2D eigenvalue weighted by Gasteiger charge is -2.34. The molecule has 0 unspecified atom stereocenters. The Balaban J connectivity index is 1.63. The molecule has 3 rings (SSSR count). The van der Waals surface area contributed by atoms with Gasteiger partial charge in [-0.15, -0.1) is 0 Å². The first-order chi connectivity index (χ1) is 11.4. The Morgan fingerprint density at radius 3 is 2.54 bits per heavy atom. The molecule has 132 valence electrons. The second-order valence-electron chi connectivity index (χ2n) is 5.89. The summed E-state index contributed by atoms with van der Waals surface area (Å²) >= 11 is 0. The molecule has 1 atom stereocenters. The molecule has 2 aromatic rings. The van der Waals surface area contributed by atoms with Crippen LogP contribution in [0.2, 0.25) is 0 Å². The van der Waals surface area contributed by atoms with E-state index in [0.29, 0.717) is 49.9 Å². The van der Waals surface area contributed by atoms with Gasteiger partial charge in [0.25, 0.3) is 0 Å². The highest BCUT2D eigenvalue weighted by Gasteiger charge is 2.33. The third-order valence-electron chi connectivity index (χ3n) is 4.20. The van der Waals surface area contributed by atoms with Gasteiger partial charge in [0.2, 0.25) is 10.0 Å². The number of aromatic nitrogens is 1. The summed E-state index contributed by atoms with van der Waals surface area (Å²) in [7, 11) is -3.61. The number of furan rings is 1. The fraction of sp³-hybridized carbons (Fsp3) is 0.533. The van der Waals surface area contributed by atoms with Crippen molar-refractivity contribution in [2.45, 2.75) is 24.8 Å². The predicted molar refractivity (Wildman–Crippen MR) is 84.8 cm³/mol. The molecule has 1 N–H and O–H groups in total. The van der Waals surface area contributed by atoms with Gasteiger partial charge in [-0.2, -0.15) is 4.31 Å². The quantitative estimate of drug-likeness (QED) is 0.851. The van der Waals surface area contributed by atoms with E-state index in [1.807, 2.05) is 4.90 Å². The summed E-state index contributed by atoms with van der Waals surface area (Å²) in [4.78, 5) is 2.18. The number of piperazine rings is 1. The molecule has 3 heterocycles. The fourth-order valence-electron chi connectivity index (χ4n) is 2.94. The summed E-state index contributed by atoms with van der Waals surface area (Å²) in [6.45, 7) is 5.43. The molecule has 0 aromatic carbocycles. The summed E-state index contributed by atoms with van der Waals surface area (Å²) in [6, 6.07) is 3.45. The lowest BCUT2D eigenvalue weighted by molar-refractivity contribution is 0.0776. The molecule has 0 aliphatic carbocycles. The number of hydrogen-bond acceptors (Lipinski definition) is 7. The molecular weight excluding hydrogens is 334 g/mol. The van der Waals surface area contributed by atoms with Crippen LogP contribution >= 0.6 is 0 Å². The van der Waals surface area contributed by atoms with Gasteiger partial charge < -0.3 is 14.0 Å². The predicted octanol–water partition coefficient (Wildman–Crippen LogP) is 0.924. The minimum atomic E-state index is -3.61. The van der Waals surface area contributed by atoms with Gasteiger partial charge in [0.1, 0.15) is 22.5 Å². The topological polar surface area (TPSA) is 100 Å². The summed E-state index contributed by atoms with van der Waals surface area (Å²) in [6.07, 6.45) is 0.804. The Morgan fingerprint density at radius 2 is 2.00 bits per heavy atom. The normalized spacial score (nSPS) is 18.8. The minimum absolute atomic E-state index is 0.159. The monoisotopic (exact) mass is 355 g/mol. The Morgan fingerprint density at radius 1 is 1.29 bits per heavy atom. The summed E-state index contributed by atoms with van der Waals surface area (Å²) < 4.78 is 37.1. The maximum Gasteiger partial charge on any atom is 0.248 e. The Bertz CT molecular complexity index is 757. The van der Waals surface area contributed by atoms with Crippen LogP contribution in [0.1, 0.15) is 23.3 Å². The van der Waals surface area contributed by atoms with Gasteiger partial charge in [0.05, 0.1) is 6.26 Å². The second kappa shape index (κ2) is 6.67. The smallest absolute Gasteiger partial charge is 0.248 e. The molecule has 1 saturated heterocycles. The molecule has 2 aromatic heterocycles. The van der Waals surface area contributed by atoms with Gasteiger partial charge in [0.15, 0.2) is 5.76 Å². The minimum Gasteiger partial charge on any atom is -0.467 e. The molecule has 0 spiro atoms. The number of aryl methyl sites for hydroxylation is 2. The van der Waals surface area contributed by atoms with Gasteiger partial charge >= 0.3 is 0 Å². The van der Waals surface area contributed by atoms with E-state index in [1.54, 1.807) is 26.0 Å². The third kappa shape index (κ3) is 3.25. The van der Waals surface area contributed by atoms with Gasteiger partial charge in [0, 0.05) is 32.7 Å². The lowest BCUT2D eigenvalue weighted by atomic mass is 10.2. The van der Waals surface area contributed by atoms with E-state index < -0.39 is 16.1 Å². The average Bonchev–Trinajstić information content (AvgIpc) is 3.18. The Hall–Kier alpha value is -1.68. The highest BCUT2D eigenvalue weighted by atomic mass is 32.2. The first-order valence-electron chi connectivity index (χ1n) is 7.76. The van der Waals surface area contributed by atoms with E-state index in [0.717, 1.165) is 0 Å². The molecule has 0 bridgehead atoms. The van der Waals surface area contributed by atoms with E-state index in [1.165, 1.54) is 10.6 Å². The molecular formula is C15H21N3O5S. The van der Waals surface area contributed by atoms with E-state index in [9.17, 15) is 13.5 Å². The van der Waals surface area contributed by atoms with Crippen molar-refractivity contribution in [2.24, 2.45) is 0 Å². The zero-order valence-corrected chi connectivity index (χ0v) is 14.5. The van der Waals surface area contributed by atoms with E-state index in [-0.39, 0.29) is 4.90 Å². The highest BCUT2D eigenvalue weighted by Crippen LogP contribution is 2.24. The summed E-state index contributed by atoms with van der Waals surface area (Å²) in [5.41, 5.74) is 0.378. The number of β-amino-alcohol motifs (C(OH)–C–C–N with tert-alkyl or cyclic N) is 1.